The Kier molecular flexibility index (Phi) is 6.93. The zero-order valence-electron chi connectivity index (χ0n) is 20.1. The normalized spacial score (nSPS) is 16.8. The molecule has 37 heavy (non-hydrogen) atoms. The van der Waals surface area contributed by atoms with E-state index >= 15 is 0 Å². The van der Waals surface area contributed by atoms with Gasteiger partial charge in [0.2, 0.25) is 0 Å². The lowest BCUT2D eigenvalue weighted by molar-refractivity contribution is -0.153. The van der Waals surface area contributed by atoms with Crippen LogP contribution in [0.15, 0.2) is 43.2 Å². The van der Waals surface area contributed by atoms with Crippen LogP contribution in [0.1, 0.15) is 42.7 Å². The molecule has 0 spiro atoms. The second kappa shape index (κ2) is 9.69. The zero-order valence-corrected chi connectivity index (χ0v) is 20.9. The van der Waals surface area contributed by atoms with Gasteiger partial charge in [0.05, 0.1) is 17.0 Å². The standard InChI is InChI=1S/C24H25F3N4O5S/c1-15(2)19-17-13-16(36-22-18(5-4-9-28-22)35-14-24(25,26)27)6-10-31(17)30-20(19)21(32)29-23(3)7-11-37(33,34)12-8-23/h4-6,9-10,13H,1,7-8,11-12,14H2,2-3H3,(H,29,32). The van der Waals surface area contributed by atoms with E-state index in [0.29, 0.717) is 16.7 Å². The first kappa shape index (κ1) is 26.5. The summed E-state index contributed by atoms with van der Waals surface area (Å²) in [6.07, 6.45) is -1.07. The third-order valence-corrected chi connectivity index (χ3v) is 7.59. The molecule has 0 bridgehead atoms. The van der Waals surface area contributed by atoms with Gasteiger partial charge in [0.25, 0.3) is 11.8 Å². The zero-order chi connectivity index (χ0) is 27.0. The molecule has 9 nitrogen and oxygen atoms in total. The van der Waals surface area contributed by atoms with Crippen LogP contribution in [0.4, 0.5) is 13.2 Å². The van der Waals surface area contributed by atoms with E-state index in [1.54, 1.807) is 19.9 Å². The van der Waals surface area contributed by atoms with Crippen LogP contribution in [0.2, 0.25) is 0 Å². The Hall–Kier alpha value is -3.61. The summed E-state index contributed by atoms with van der Waals surface area (Å²) >= 11 is 0. The molecule has 1 fully saturated rings. The van der Waals surface area contributed by atoms with Crippen LogP contribution >= 0.6 is 0 Å². The monoisotopic (exact) mass is 538 g/mol. The average molecular weight is 539 g/mol. The number of carbonyl (C=O) groups is 1. The number of hydrogen-bond donors (Lipinski definition) is 1. The topological polar surface area (TPSA) is 112 Å². The maximum absolute atomic E-state index is 13.2. The summed E-state index contributed by atoms with van der Waals surface area (Å²) in [4.78, 5) is 17.2. The van der Waals surface area contributed by atoms with Gasteiger partial charge in [-0.05, 0) is 50.5 Å². The summed E-state index contributed by atoms with van der Waals surface area (Å²) in [6, 6.07) is 5.81. The molecule has 0 aromatic carbocycles. The lowest BCUT2D eigenvalue weighted by atomic mass is 9.94. The highest BCUT2D eigenvalue weighted by molar-refractivity contribution is 7.91. The summed E-state index contributed by atoms with van der Waals surface area (Å²) in [6.45, 7) is 5.96. The quantitative estimate of drug-likeness (QED) is 0.480. The van der Waals surface area contributed by atoms with Crippen LogP contribution in [0.5, 0.6) is 17.4 Å². The fourth-order valence-electron chi connectivity index (χ4n) is 3.95. The Morgan fingerprint density at radius 1 is 1.27 bits per heavy atom. The van der Waals surface area contributed by atoms with E-state index in [-0.39, 0.29) is 47.4 Å². The fourth-order valence-corrected chi connectivity index (χ4v) is 5.68. The molecule has 0 unspecified atom stereocenters. The number of halogens is 3. The number of amides is 1. The number of ether oxygens (including phenoxy) is 2. The van der Waals surface area contributed by atoms with Gasteiger partial charge in [-0.2, -0.15) is 18.3 Å². The molecule has 3 aromatic rings. The second-order valence-electron chi connectivity index (χ2n) is 9.18. The number of allylic oxidation sites excluding steroid dienone is 1. The predicted octanol–water partition coefficient (Wildman–Crippen LogP) is 4.19. The number of hydrogen-bond acceptors (Lipinski definition) is 7. The first-order chi connectivity index (χ1) is 17.3. The van der Waals surface area contributed by atoms with Crippen molar-refractivity contribution in [1.82, 2.24) is 19.9 Å². The molecule has 1 aliphatic heterocycles. The highest BCUT2D eigenvalue weighted by Gasteiger charge is 2.36. The Morgan fingerprint density at radius 2 is 1.97 bits per heavy atom. The molecule has 1 aliphatic rings. The summed E-state index contributed by atoms with van der Waals surface area (Å²) in [7, 11) is -3.11. The molecule has 4 rings (SSSR count). The number of nitrogens with one attached hydrogen (secondary N) is 1. The molecule has 0 saturated carbocycles. The van der Waals surface area contributed by atoms with Crippen LogP contribution in [0.25, 0.3) is 11.1 Å². The van der Waals surface area contributed by atoms with Gasteiger partial charge in [0.15, 0.2) is 18.1 Å². The largest absolute Gasteiger partial charge is 0.478 e. The third kappa shape index (κ3) is 6.21. The van der Waals surface area contributed by atoms with Gasteiger partial charge in [-0.15, -0.1) is 0 Å². The first-order valence-corrected chi connectivity index (χ1v) is 13.1. The molecule has 1 amide bonds. The minimum atomic E-state index is -4.53. The van der Waals surface area contributed by atoms with Gasteiger partial charge < -0.3 is 14.8 Å². The molecule has 0 atom stereocenters. The van der Waals surface area contributed by atoms with Crippen molar-refractivity contribution in [1.29, 1.82) is 0 Å². The maximum atomic E-state index is 13.2. The number of carbonyl (C=O) groups excluding carboxylic acids is 1. The smallest absolute Gasteiger partial charge is 0.422 e. The van der Waals surface area contributed by atoms with Gasteiger partial charge >= 0.3 is 6.18 Å². The van der Waals surface area contributed by atoms with E-state index in [0.717, 1.165) is 0 Å². The lowest BCUT2D eigenvalue weighted by Gasteiger charge is -2.34. The molecular weight excluding hydrogens is 513 g/mol. The van der Waals surface area contributed by atoms with E-state index in [1.807, 2.05) is 0 Å². The lowest BCUT2D eigenvalue weighted by Crippen LogP contribution is -2.51. The SMILES string of the molecule is C=C(C)c1c(C(=O)NC2(C)CCS(=O)(=O)CC2)nn2ccc(Oc3ncccc3OCC(F)(F)F)cc12. The number of fused-ring (bicyclic) bond motifs is 1. The number of aromatic nitrogens is 3. The highest BCUT2D eigenvalue weighted by Crippen LogP contribution is 2.33. The van der Waals surface area contributed by atoms with E-state index in [2.05, 4.69) is 22.0 Å². The molecule has 1 saturated heterocycles. The average Bonchev–Trinajstić information content (AvgIpc) is 3.20. The van der Waals surface area contributed by atoms with E-state index < -0.39 is 34.1 Å². The number of nitrogens with zero attached hydrogens (tertiary/aromatic N) is 3. The van der Waals surface area contributed by atoms with Gasteiger partial charge in [-0.1, -0.05) is 6.58 Å². The number of pyridine rings is 2. The molecule has 1 N–H and O–H groups in total. The van der Waals surface area contributed by atoms with Crippen molar-refractivity contribution in [3.8, 4) is 17.4 Å². The molecule has 0 radical (unpaired) electrons. The van der Waals surface area contributed by atoms with Crippen molar-refractivity contribution in [2.45, 2.75) is 38.4 Å². The van der Waals surface area contributed by atoms with Crippen molar-refractivity contribution in [2.75, 3.05) is 18.1 Å². The van der Waals surface area contributed by atoms with Crippen molar-refractivity contribution < 1.29 is 35.9 Å². The van der Waals surface area contributed by atoms with Crippen LogP contribution in [-0.4, -0.2) is 58.8 Å². The van der Waals surface area contributed by atoms with Crippen LogP contribution in [0.3, 0.4) is 0 Å². The van der Waals surface area contributed by atoms with Gasteiger partial charge in [-0.25, -0.2) is 17.9 Å². The third-order valence-electron chi connectivity index (χ3n) is 5.94. The minimum Gasteiger partial charge on any atom is -0.478 e. The highest BCUT2D eigenvalue weighted by atomic mass is 32.2. The Morgan fingerprint density at radius 3 is 2.62 bits per heavy atom. The van der Waals surface area contributed by atoms with E-state index in [4.69, 9.17) is 9.47 Å². The second-order valence-corrected chi connectivity index (χ2v) is 11.5. The van der Waals surface area contributed by atoms with Crippen molar-refractivity contribution >= 4 is 26.8 Å². The predicted molar refractivity (Wildman–Crippen MR) is 130 cm³/mol. The van der Waals surface area contributed by atoms with Gasteiger partial charge in [0, 0.05) is 29.6 Å². The summed E-state index contributed by atoms with van der Waals surface area (Å²) in [5.41, 5.74) is 0.863. The van der Waals surface area contributed by atoms with Crippen molar-refractivity contribution in [2.24, 2.45) is 0 Å². The van der Waals surface area contributed by atoms with Crippen LogP contribution < -0.4 is 14.8 Å². The summed E-state index contributed by atoms with van der Waals surface area (Å²) in [5.74, 6) is -0.613. The fraction of sp³-hybridized carbons (Fsp3) is 0.375. The Balaban J connectivity index is 1.62. The Bertz CT molecular complexity index is 1450. The van der Waals surface area contributed by atoms with Crippen molar-refractivity contribution in [3.63, 3.8) is 0 Å². The maximum Gasteiger partial charge on any atom is 0.422 e. The van der Waals surface area contributed by atoms with Gasteiger partial charge in [-0.3, -0.25) is 4.79 Å². The molecule has 198 valence electrons. The molecule has 3 aromatic heterocycles. The summed E-state index contributed by atoms with van der Waals surface area (Å²) < 4.78 is 73.4. The molecule has 4 heterocycles. The van der Waals surface area contributed by atoms with Gasteiger partial charge in [0.1, 0.15) is 15.6 Å². The minimum absolute atomic E-state index is 0.00875. The summed E-state index contributed by atoms with van der Waals surface area (Å²) in [5, 5.41) is 7.31. The first-order valence-electron chi connectivity index (χ1n) is 11.3. The molecular formula is C24H25F3N4O5S. The Labute approximate surface area is 211 Å². The van der Waals surface area contributed by atoms with Crippen LogP contribution in [0, 0.1) is 0 Å². The molecule has 0 aliphatic carbocycles. The number of alkyl halides is 3. The van der Waals surface area contributed by atoms with Crippen LogP contribution in [-0.2, 0) is 9.84 Å². The van der Waals surface area contributed by atoms with Crippen molar-refractivity contribution in [3.05, 3.63) is 54.5 Å². The van der Waals surface area contributed by atoms with E-state index in [9.17, 15) is 26.4 Å². The number of sulfone groups is 1. The number of rotatable bonds is 7. The molecule has 13 heteroatoms. The van der Waals surface area contributed by atoms with E-state index in [1.165, 1.54) is 35.1 Å².